The summed E-state index contributed by atoms with van der Waals surface area (Å²) >= 11 is 0. The molecular weight excluding hydrogens is 356 g/mol. The third-order valence-corrected chi connectivity index (χ3v) is 5.38. The predicted molar refractivity (Wildman–Crippen MR) is 106 cm³/mol. The summed E-state index contributed by atoms with van der Waals surface area (Å²) in [5.41, 5.74) is -0.211. The van der Waals surface area contributed by atoms with Crippen LogP contribution >= 0.6 is 0 Å². The minimum Gasteiger partial charge on any atom is -0.338 e. The molecule has 0 saturated carbocycles. The van der Waals surface area contributed by atoms with E-state index in [1.54, 1.807) is 0 Å². The minimum atomic E-state index is -0.106. The van der Waals surface area contributed by atoms with E-state index in [-0.39, 0.29) is 22.9 Å². The molecule has 1 aliphatic heterocycles. The summed E-state index contributed by atoms with van der Waals surface area (Å²) in [5.74, 6) is 2.90. The van der Waals surface area contributed by atoms with Gasteiger partial charge in [0, 0.05) is 37.0 Å². The molecule has 0 N–H and O–H groups in total. The molecule has 0 bridgehead atoms. The third kappa shape index (κ3) is 4.43. The zero-order valence-corrected chi connectivity index (χ0v) is 18.5. The molecule has 8 nitrogen and oxygen atoms in total. The van der Waals surface area contributed by atoms with Crippen LogP contribution in [0.1, 0.15) is 90.9 Å². The summed E-state index contributed by atoms with van der Waals surface area (Å²) in [7, 11) is 0. The smallest absolute Gasteiger partial charge is 0.243 e. The lowest BCUT2D eigenvalue weighted by molar-refractivity contribution is 0.0588. The molecule has 0 spiro atoms. The van der Waals surface area contributed by atoms with Gasteiger partial charge in [0.25, 0.3) is 0 Å². The highest BCUT2D eigenvalue weighted by Crippen LogP contribution is 2.27. The lowest BCUT2D eigenvalue weighted by Crippen LogP contribution is -2.47. The number of hydrogen-bond acceptors (Lipinski definition) is 8. The zero-order valence-electron chi connectivity index (χ0n) is 18.5. The second kappa shape index (κ2) is 7.55. The van der Waals surface area contributed by atoms with Crippen LogP contribution in [0.5, 0.6) is 0 Å². The maximum absolute atomic E-state index is 5.53. The van der Waals surface area contributed by atoms with Gasteiger partial charge in [0.2, 0.25) is 11.8 Å². The van der Waals surface area contributed by atoms with E-state index in [0.29, 0.717) is 11.8 Å². The Morgan fingerprint density at radius 1 is 0.679 bits per heavy atom. The van der Waals surface area contributed by atoms with Gasteiger partial charge in [0.05, 0.1) is 12.1 Å². The average molecular weight is 391 g/mol. The van der Waals surface area contributed by atoms with E-state index in [0.717, 1.165) is 37.8 Å². The Kier molecular flexibility index (Phi) is 5.64. The van der Waals surface area contributed by atoms with Crippen LogP contribution in [-0.4, -0.2) is 56.3 Å². The van der Waals surface area contributed by atoms with Crippen molar-refractivity contribution in [3.05, 3.63) is 23.4 Å². The van der Waals surface area contributed by atoms with Crippen LogP contribution in [-0.2, 0) is 10.8 Å². The van der Waals surface area contributed by atoms with Crippen LogP contribution in [0, 0.1) is 0 Å². The molecule has 2 aromatic heterocycles. The topological polar surface area (TPSA) is 84.3 Å². The van der Waals surface area contributed by atoms with Crippen molar-refractivity contribution >= 4 is 0 Å². The van der Waals surface area contributed by atoms with E-state index in [9.17, 15) is 0 Å². The lowest BCUT2D eigenvalue weighted by Gasteiger charge is -2.38. The maximum Gasteiger partial charge on any atom is 0.243 e. The first-order valence-electron chi connectivity index (χ1n) is 10.1. The molecule has 1 fully saturated rings. The highest BCUT2D eigenvalue weighted by Gasteiger charge is 2.31. The van der Waals surface area contributed by atoms with E-state index in [1.807, 2.05) is 0 Å². The van der Waals surface area contributed by atoms with Crippen molar-refractivity contribution in [2.45, 2.75) is 78.3 Å². The molecule has 2 aromatic rings. The summed E-state index contributed by atoms with van der Waals surface area (Å²) < 4.78 is 11.1. The fraction of sp³-hybridized carbons (Fsp3) is 0.800. The monoisotopic (exact) mass is 390 g/mol. The van der Waals surface area contributed by atoms with Crippen molar-refractivity contribution in [2.24, 2.45) is 0 Å². The molecule has 0 amide bonds. The fourth-order valence-corrected chi connectivity index (χ4v) is 3.24. The van der Waals surface area contributed by atoms with Gasteiger partial charge in [0.15, 0.2) is 11.6 Å². The first kappa shape index (κ1) is 20.9. The van der Waals surface area contributed by atoms with E-state index in [2.05, 4.69) is 85.5 Å². The first-order valence-corrected chi connectivity index (χ1v) is 10.1. The van der Waals surface area contributed by atoms with Crippen molar-refractivity contribution in [2.75, 3.05) is 26.2 Å². The van der Waals surface area contributed by atoms with Crippen LogP contribution in [0.4, 0.5) is 0 Å². The van der Waals surface area contributed by atoms with Gasteiger partial charge in [-0.1, -0.05) is 51.9 Å². The predicted octanol–water partition coefficient (Wildman–Crippen LogP) is 3.49. The lowest BCUT2D eigenvalue weighted by atomic mass is 9.96. The van der Waals surface area contributed by atoms with Crippen LogP contribution < -0.4 is 0 Å². The van der Waals surface area contributed by atoms with Crippen molar-refractivity contribution in [3.63, 3.8) is 0 Å². The van der Waals surface area contributed by atoms with Gasteiger partial charge in [-0.2, -0.15) is 9.97 Å². The van der Waals surface area contributed by atoms with Gasteiger partial charge in [-0.05, 0) is 13.8 Å². The van der Waals surface area contributed by atoms with Crippen LogP contribution in [0.3, 0.4) is 0 Å². The fourth-order valence-electron chi connectivity index (χ4n) is 3.24. The number of rotatable bonds is 4. The van der Waals surface area contributed by atoms with Gasteiger partial charge < -0.3 is 9.05 Å². The molecule has 0 aliphatic carbocycles. The molecular formula is C20H34N6O2. The summed E-state index contributed by atoms with van der Waals surface area (Å²) in [6.07, 6.45) is 0. The molecule has 156 valence electrons. The standard InChI is InChI=1S/C20H34N6O2/c1-13(15-21-17(23-27-15)19(3,4)5)25-9-11-26(12-10-25)14(2)16-22-18(24-28-16)20(6,7)8/h13-14H,9-12H2,1-8H3/t13-,14-/m0/s1. The van der Waals surface area contributed by atoms with Gasteiger partial charge in [0.1, 0.15) is 0 Å². The van der Waals surface area contributed by atoms with Crippen molar-refractivity contribution in [1.82, 2.24) is 30.1 Å². The largest absolute Gasteiger partial charge is 0.338 e. The molecule has 0 radical (unpaired) electrons. The van der Waals surface area contributed by atoms with Gasteiger partial charge in [-0.25, -0.2) is 0 Å². The second-order valence-corrected chi connectivity index (χ2v) is 9.84. The number of nitrogens with zero attached hydrogens (tertiary/aromatic N) is 6. The van der Waals surface area contributed by atoms with Crippen LogP contribution in [0.25, 0.3) is 0 Å². The second-order valence-electron chi connectivity index (χ2n) is 9.84. The molecule has 3 rings (SSSR count). The molecule has 0 unspecified atom stereocenters. The summed E-state index contributed by atoms with van der Waals surface area (Å²) in [4.78, 5) is 14.0. The Hall–Kier alpha value is -1.80. The van der Waals surface area contributed by atoms with E-state index < -0.39 is 0 Å². The highest BCUT2D eigenvalue weighted by molar-refractivity contribution is 5.04. The molecule has 1 saturated heterocycles. The molecule has 8 heteroatoms. The Morgan fingerprint density at radius 3 is 1.25 bits per heavy atom. The molecule has 2 atom stereocenters. The van der Waals surface area contributed by atoms with Crippen LogP contribution in [0.15, 0.2) is 9.05 Å². The van der Waals surface area contributed by atoms with Crippen molar-refractivity contribution in [3.8, 4) is 0 Å². The molecule has 28 heavy (non-hydrogen) atoms. The number of aromatic nitrogens is 4. The summed E-state index contributed by atoms with van der Waals surface area (Å²) in [6, 6.07) is 0.217. The highest BCUT2D eigenvalue weighted by atomic mass is 16.5. The van der Waals surface area contributed by atoms with Gasteiger partial charge in [-0.3, -0.25) is 9.80 Å². The number of hydrogen-bond donors (Lipinski definition) is 0. The minimum absolute atomic E-state index is 0.106. The van der Waals surface area contributed by atoms with E-state index in [1.165, 1.54) is 0 Å². The van der Waals surface area contributed by atoms with Gasteiger partial charge >= 0.3 is 0 Å². The maximum atomic E-state index is 5.53. The quantitative estimate of drug-likeness (QED) is 0.784. The third-order valence-electron chi connectivity index (χ3n) is 5.38. The normalized spacial score (nSPS) is 19.7. The SMILES string of the molecule is C[C@@H](c1nc(C(C)(C)C)no1)N1CCN([C@@H](C)c2nc(C(C)(C)C)no2)CC1. The molecule has 1 aliphatic rings. The Bertz CT molecular complexity index is 711. The first-order chi connectivity index (χ1) is 13.0. The molecule has 0 aromatic carbocycles. The van der Waals surface area contributed by atoms with Crippen LogP contribution in [0.2, 0.25) is 0 Å². The molecule has 3 heterocycles. The average Bonchev–Trinajstić information content (AvgIpc) is 3.29. The Morgan fingerprint density at radius 2 is 1.00 bits per heavy atom. The van der Waals surface area contributed by atoms with E-state index >= 15 is 0 Å². The Balaban J connectivity index is 1.59. The van der Waals surface area contributed by atoms with Gasteiger partial charge in [-0.15, -0.1) is 0 Å². The van der Waals surface area contributed by atoms with E-state index in [4.69, 9.17) is 9.05 Å². The zero-order chi connectivity index (χ0) is 20.7. The number of piperazine rings is 1. The Labute approximate surface area is 167 Å². The van der Waals surface area contributed by atoms with Crippen molar-refractivity contribution < 1.29 is 9.05 Å². The summed E-state index contributed by atoms with van der Waals surface area (Å²) in [5, 5.41) is 8.31. The summed E-state index contributed by atoms with van der Waals surface area (Å²) in [6.45, 7) is 20.5. The van der Waals surface area contributed by atoms with Crippen molar-refractivity contribution in [1.29, 1.82) is 0 Å².